The minimum absolute atomic E-state index is 0.0156. The third-order valence-electron chi connectivity index (χ3n) is 6.76. The molecule has 28 heavy (non-hydrogen) atoms. The first-order valence-electron chi connectivity index (χ1n) is 11.3. The van der Waals surface area contributed by atoms with Crippen molar-refractivity contribution in [3.63, 3.8) is 0 Å². The molecule has 7 nitrogen and oxygen atoms in total. The number of aliphatic imine (C=N–C) groups is 2. The van der Waals surface area contributed by atoms with E-state index in [4.69, 9.17) is 0 Å². The van der Waals surface area contributed by atoms with Crippen molar-refractivity contribution in [1.82, 2.24) is 21.3 Å². The summed E-state index contributed by atoms with van der Waals surface area (Å²) in [6, 6.07) is 1.57. The molecule has 4 N–H and O–H groups in total. The molecule has 0 aromatic rings. The molecule has 2 unspecified atom stereocenters. The number of amidine groups is 2. The van der Waals surface area contributed by atoms with Gasteiger partial charge in [0.05, 0.1) is 24.8 Å². The maximum absolute atomic E-state index is 12.4. The Hall–Kier alpha value is -1.79. The van der Waals surface area contributed by atoms with Gasteiger partial charge < -0.3 is 21.3 Å². The quantitative estimate of drug-likeness (QED) is 0.595. The summed E-state index contributed by atoms with van der Waals surface area (Å²) in [6.45, 7) is 6.17. The van der Waals surface area contributed by atoms with Crippen LogP contribution < -0.4 is 21.3 Å². The van der Waals surface area contributed by atoms with Gasteiger partial charge in [-0.3, -0.25) is 9.98 Å². The van der Waals surface area contributed by atoms with Crippen LogP contribution in [0.4, 0.5) is 4.79 Å². The summed E-state index contributed by atoms with van der Waals surface area (Å²) in [5, 5.41) is 13.4. The fourth-order valence-corrected chi connectivity index (χ4v) is 5.09. The number of carbonyl (C=O) groups excluding carboxylic acids is 1. The molecule has 2 aliphatic carbocycles. The van der Waals surface area contributed by atoms with E-state index in [1.807, 2.05) is 0 Å². The van der Waals surface area contributed by atoms with Gasteiger partial charge in [-0.15, -0.1) is 0 Å². The van der Waals surface area contributed by atoms with Crippen LogP contribution in [0.5, 0.6) is 0 Å². The van der Waals surface area contributed by atoms with Crippen LogP contribution in [-0.2, 0) is 0 Å². The molecule has 0 saturated heterocycles. The average molecular weight is 389 g/mol. The number of hydrogen-bond acceptors (Lipinski definition) is 5. The van der Waals surface area contributed by atoms with E-state index >= 15 is 0 Å². The van der Waals surface area contributed by atoms with E-state index in [0.29, 0.717) is 36.0 Å². The Morgan fingerprint density at radius 3 is 1.46 bits per heavy atom. The first-order valence-corrected chi connectivity index (χ1v) is 11.3. The first-order chi connectivity index (χ1) is 13.6. The zero-order valence-electron chi connectivity index (χ0n) is 17.3. The van der Waals surface area contributed by atoms with Crippen LogP contribution in [0.2, 0.25) is 0 Å². The molecule has 4 aliphatic rings. The lowest BCUT2D eigenvalue weighted by molar-refractivity contribution is 0.221. The summed E-state index contributed by atoms with van der Waals surface area (Å²) in [4.78, 5) is 21.7. The highest BCUT2D eigenvalue weighted by Gasteiger charge is 2.30. The lowest BCUT2D eigenvalue weighted by Crippen LogP contribution is -2.49. The Morgan fingerprint density at radius 2 is 1.14 bits per heavy atom. The number of urea groups is 1. The minimum Gasteiger partial charge on any atom is -0.369 e. The minimum atomic E-state index is 0.0156. The van der Waals surface area contributed by atoms with E-state index in [9.17, 15) is 4.79 Å². The maximum Gasteiger partial charge on any atom is 0.315 e. The molecule has 0 spiro atoms. The molecular weight excluding hydrogens is 352 g/mol. The van der Waals surface area contributed by atoms with Crippen LogP contribution in [0.25, 0.3) is 0 Å². The van der Waals surface area contributed by atoms with Crippen molar-refractivity contribution in [2.45, 2.75) is 89.4 Å². The van der Waals surface area contributed by atoms with E-state index in [1.54, 1.807) is 0 Å². The zero-order chi connectivity index (χ0) is 19.5. The summed E-state index contributed by atoms with van der Waals surface area (Å²) in [5.41, 5.74) is 0. The van der Waals surface area contributed by atoms with Crippen molar-refractivity contribution in [1.29, 1.82) is 0 Å². The zero-order valence-corrected chi connectivity index (χ0v) is 17.3. The van der Waals surface area contributed by atoms with Gasteiger partial charge in [0.25, 0.3) is 0 Å². The highest BCUT2D eigenvalue weighted by molar-refractivity contribution is 5.87. The number of nitrogens with one attached hydrogen (secondary N) is 4. The van der Waals surface area contributed by atoms with Crippen molar-refractivity contribution in [3.05, 3.63) is 0 Å². The number of rotatable bonds is 4. The van der Waals surface area contributed by atoms with Crippen LogP contribution >= 0.6 is 0 Å². The SMILES string of the molecule is CC1CN=C(C2CCC(NC(=O)NC3CCC(C4=NCC(C)N4)CC3)CC2)N1. The monoisotopic (exact) mass is 388 g/mol. The molecule has 156 valence electrons. The third kappa shape index (κ3) is 4.78. The standard InChI is InChI=1S/C21H36N6O/c1-13-11-22-19(24-13)15-3-7-17(8-4-15)26-21(28)27-18-9-5-16(6-10-18)20-23-12-14(2)25-20/h13-18H,3-12H2,1-2H3,(H,22,24)(H,23,25)(H2,26,27,28). The number of hydrogen-bond donors (Lipinski definition) is 4. The van der Waals surface area contributed by atoms with Gasteiger partial charge in [-0.1, -0.05) is 0 Å². The second kappa shape index (κ2) is 8.70. The van der Waals surface area contributed by atoms with Gasteiger partial charge in [0.15, 0.2) is 0 Å². The summed E-state index contributed by atoms with van der Waals surface area (Å²) < 4.78 is 0. The molecule has 0 aromatic carbocycles. The molecule has 0 radical (unpaired) electrons. The largest absolute Gasteiger partial charge is 0.369 e. The van der Waals surface area contributed by atoms with Crippen molar-refractivity contribution in [2.75, 3.05) is 13.1 Å². The lowest BCUT2D eigenvalue weighted by Gasteiger charge is -2.32. The van der Waals surface area contributed by atoms with Gasteiger partial charge in [-0.2, -0.15) is 0 Å². The fourth-order valence-electron chi connectivity index (χ4n) is 5.09. The van der Waals surface area contributed by atoms with E-state index < -0.39 is 0 Å². The normalized spacial score (nSPS) is 38.1. The molecule has 0 bridgehead atoms. The maximum atomic E-state index is 12.4. The van der Waals surface area contributed by atoms with E-state index in [0.717, 1.165) is 64.5 Å². The fraction of sp³-hybridized carbons (Fsp3) is 0.857. The van der Waals surface area contributed by atoms with Crippen LogP contribution in [-0.4, -0.2) is 55.0 Å². The lowest BCUT2D eigenvalue weighted by atomic mass is 9.85. The highest BCUT2D eigenvalue weighted by Crippen LogP contribution is 2.28. The van der Waals surface area contributed by atoms with Gasteiger partial charge >= 0.3 is 6.03 Å². The Balaban J connectivity index is 1.14. The molecule has 4 rings (SSSR count). The van der Waals surface area contributed by atoms with Crippen molar-refractivity contribution >= 4 is 17.7 Å². The number of nitrogens with zero attached hydrogens (tertiary/aromatic N) is 2. The third-order valence-corrected chi connectivity index (χ3v) is 6.76. The topological polar surface area (TPSA) is 89.9 Å². The summed E-state index contributed by atoms with van der Waals surface area (Å²) in [5.74, 6) is 3.50. The van der Waals surface area contributed by atoms with E-state index in [2.05, 4.69) is 45.1 Å². The van der Waals surface area contributed by atoms with Crippen LogP contribution in [0, 0.1) is 11.8 Å². The van der Waals surface area contributed by atoms with Crippen molar-refractivity contribution in [3.8, 4) is 0 Å². The van der Waals surface area contributed by atoms with E-state index in [1.165, 1.54) is 11.7 Å². The van der Waals surface area contributed by atoms with Gasteiger partial charge in [-0.25, -0.2) is 4.79 Å². The van der Waals surface area contributed by atoms with Crippen molar-refractivity contribution < 1.29 is 4.79 Å². The summed E-state index contributed by atoms with van der Waals surface area (Å²) >= 11 is 0. The molecule has 2 saturated carbocycles. The Morgan fingerprint density at radius 1 is 0.750 bits per heavy atom. The molecule has 2 fully saturated rings. The number of amides is 2. The molecular formula is C21H36N6O. The molecule has 2 amide bonds. The molecule has 2 aliphatic heterocycles. The summed E-state index contributed by atoms with van der Waals surface area (Å²) in [7, 11) is 0. The second-order valence-electron chi connectivity index (χ2n) is 9.26. The Kier molecular flexibility index (Phi) is 6.07. The second-order valence-corrected chi connectivity index (χ2v) is 9.26. The Labute approximate surface area is 168 Å². The molecule has 7 heteroatoms. The van der Waals surface area contributed by atoms with E-state index in [-0.39, 0.29) is 6.03 Å². The van der Waals surface area contributed by atoms with Crippen molar-refractivity contribution in [2.24, 2.45) is 21.8 Å². The smallest absolute Gasteiger partial charge is 0.315 e. The van der Waals surface area contributed by atoms with Gasteiger partial charge in [0.2, 0.25) is 0 Å². The van der Waals surface area contributed by atoms with Gasteiger partial charge in [0.1, 0.15) is 0 Å². The van der Waals surface area contributed by atoms with Crippen LogP contribution in [0.15, 0.2) is 9.98 Å². The average Bonchev–Trinajstić information content (AvgIpc) is 3.31. The predicted octanol–water partition coefficient (Wildman–Crippen LogP) is 2.18. The first kappa shape index (κ1) is 19.5. The van der Waals surface area contributed by atoms with Crippen LogP contribution in [0.3, 0.4) is 0 Å². The van der Waals surface area contributed by atoms with Gasteiger partial charge in [0, 0.05) is 36.0 Å². The Bertz CT molecular complexity index is 564. The summed E-state index contributed by atoms with van der Waals surface area (Å²) in [6.07, 6.45) is 8.63. The van der Waals surface area contributed by atoms with Gasteiger partial charge in [-0.05, 0) is 65.2 Å². The number of carbonyl (C=O) groups is 1. The molecule has 0 aromatic heterocycles. The highest BCUT2D eigenvalue weighted by atomic mass is 16.2. The molecule has 2 atom stereocenters. The van der Waals surface area contributed by atoms with Crippen LogP contribution in [0.1, 0.15) is 65.2 Å². The molecule has 2 heterocycles. The predicted molar refractivity (Wildman–Crippen MR) is 113 cm³/mol.